The molecule has 0 aliphatic carbocycles. The lowest BCUT2D eigenvalue weighted by Gasteiger charge is -2.26. The van der Waals surface area contributed by atoms with E-state index in [1.807, 2.05) is 43.9 Å². The van der Waals surface area contributed by atoms with E-state index >= 15 is 0 Å². The number of methoxy groups -OCH3 is 2. The van der Waals surface area contributed by atoms with Crippen molar-refractivity contribution in [3.05, 3.63) is 40.6 Å². The Morgan fingerprint density at radius 2 is 1.63 bits per heavy atom. The highest BCUT2D eigenvalue weighted by atomic mass is 16.5. The third kappa shape index (κ3) is 5.68. The van der Waals surface area contributed by atoms with E-state index in [9.17, 15) is 9.59 Å². The van der Waals surface area contributed by atoms with E-state index in [1.54, 1.807) is 14.2 Å². The summed E-state index contributed by atoms with van der Waals surface area (Å²) in [6.07, 6.45) is 0.606. The molecule has 7 nitrogen and oxygen atoms in total. The van der Waals surface area contributed by atoms with Gasteiger partial charge in [0.05, 0.1) is 18.8 Å². The Bertz CT molecular complexity index is 767. The molecule has 0 spiro atoms. The number of hydrogen-bond acceptors (Lipinski definition) is 6. The first kappa shape index (κ1) is 24.1. The van der Waals surface area contributed by atoms with Gasteiger partial charge in [-0.15, -0.1) is 0 Å². The van der Waals surface area contributed by atoms with Crippen molar-refractivity contribution in [3.8, 4) is 0 Å². The summed E-state index contributed by atoms with van der Waals surface area (Å²) in [7, 11) is 3.24. The summed E-state index contributed by atoms with van der Waals surface area (Å²) in [6, 6.07) is 5.93. The summed E-state index contributed by atoms with van der Waals surface area (Å²) >= 11 is 0. The zero-order chi connectivity index (χ0) is 22.1. The molecule has 1 aliphatic heterocycles. The van der Waals surface area contributed by atoms with Crippen LogP contribution in [0.4, 0.5) is 0 Å². The molecule has 2 amide bonds. The molecule has 1 aromatic rings. The Morgan fingerprint density at radius 1 is 0.967 bits per heavy atom. The number of rotatable bonds is 13. The van der Waals surface area contributed by atoms with Gasteiger partial charge in [0.25, 0.3) is 11.8 Å². The van der Waals surface area contributed by atoms with Gasteiger partial charge in [-0.3, -0.25) is 14.5 Å². The highest BCUT2D eigenvalue weighted by Gasteiger charge is 2.41. The number of nitrogens with zero attached hydrogens (tertiary/aromatic N) is 2. The summed E-state index contributed by atoms with van der Waals surface area (Å²) < 4.78 is 15.9. The highest BCUT2D eigenvalue weighted by Crippen LogP contribution is 2.33. The first-order valence-electron chi connectivity index (χ1n) is 10.4. The van der Waals surface area contributed by atoms with Crippen LogP contribution in [0.5, 0.6) is 0 Å². The maximum Gasteiger partial charge on any atom is 0.277 e. The van der Waals surface area contributed by atoms with Crippen LogP contribution >= 0.6 is 0 Å². The van der Waals surface area contributed by atoms with Gasteiger partial charge in [-0.2, -0.15) is 0 Å². The van der Waals surface area contributed by atoms with E-state index in [2.05, 4.69) is 0 Å². The Morgan fingerprint density at radius 3 is 2.20 bits per heavy atom. The SMILES string of the molecule is CCOCCCN1C(=O)C(c2ccc(C)cc2C)=C(N(CCOC)CCOC)C1=O. The molecule has 1 aromatic carbocycles. The van der Waals surface area contributed by atoms with Crippen LogP contribution in [0.3, 0.4) is 0 Å². The van der Waals surface area contributed by atoms with E-state index in [0.717, 1.165) is 16.7 Å². The second-order valence-corrected chi connectivity index (χ2v) is 7.33. The number of ether oxygens (including phenoxy) is 3. The monoisotopic (exact) mass is 418 g/mol. The minimum atomic E-state index is -0.265. The van der Waals surface area contributed by atoms with Crippen molar-refractivity contribution in [1.82, 2.24) is 9.80 Å². The Labute approximate surface area is 179 Å². The first-order chi connectivity index (χ1) is 14.5. The molecule has 0 saturated heterocycles. The van der Waals surface area contributed by atoms with Crippen LogP contribution in [0.15, 0.2) is 23.9 Å². The molecule has 7 heteroatoms. The lowest BCUT2D eigenvalue weighted by Crippen LogP contribution is -2.38. The number of aryl methyl sites for hydroxylation is 2. The van der Waals surface area contributed by atoms with Crippen molar-refractivity contribution < 1.29 is 23.8 Å². The van der Waals surface area contributed by atoms with Crippen molar-refractivity contribution in [2.45, 2.75) is 27.2 Å². The number of imide groups is 1. The normalized spacial score (nSPS) is 14.2. The van der Waals surface area contributed by atoms with Gasteiger partial charge in [-0.05, 0) is 38.3 Å². The molecule has 30 heavy (non-hydrogen) atoms. The van der Waals surface area contributed by atoms with E-state index in [1.165, 1.54) is 4.90 Å². The van der Waals surface area contributed by atoms with E-state index in [-0.39, 0.29) is 11.8 Å². The smallest absolute Gasteiger partial charge is 0.277 e. The van der Waals surface area contributed by atoms with Crippen LogP contribution in [0.25, 0.3) is 5.57 Å². The Hall–Kier alpha value is -2.22. The molecule has 1 aliphatic rings. The van der Waals surface area contributed by atoms with E-state index in [0.29, 0.717) is 63.8 Å². The molecule has 0 saturated carbocycles. The number of amides is 2. The minimum absolute atomic E-state index is 0.252. The van der Waals surface area contributed by atoms with E-state index in [4.69, 9.17) is 14.2 Å². The maximum atomic E-state index is 13.4. The van der Waals surface area contributed by atoms with Crippen LogP contribution in [-0.4, -0.2) is 81.9 Å². The lowest BCUT2D eigenvalue weighted by molar-refractivity contribution is -0.137. The average molecular weight is 419 g/mol. The lowest BCUT2D eigenvalue weighted by atomic mass is 9.97. The quantitative estimate of drug-likeness (QED) is 0.362. The molecular weight excluding hydrogens is 384 g/mol. The standard InChI is InChI=1S/C23H34N2O5/c1-6-30-13-7-10-25-22(26)20(19-9-8-17(2)16-18(19)3)21(23(25)27)24(11-14-28-4)12-15-29-5/h8-9,16H,6-7,10-15H2,1-5H3. The van der Waals surface area contributed by atoms with Crippen LogP contribution in [0.1, 0.15) is 30.0 Å². The molecule has 2 rings (SSSR count). The summed E-state index contributed by atoms with van der Waals surface area (Å²) in [5.41, 5.74) is 3.76. The number of carbonyl (C=O) groups is 2. The van der Waals surface area contributed by atoms with Crippen LogP contribution in [-0.2, 0) is 23.8 Å². The number of hydrogen-bond donors (Lipinski definition) is 0. The van der Waals surface area contributed by atoms with Gasteiger partial charge in [0.15, 0.2) is 0 Å². The average Bonchev–Trinajstić information content (AvgIpc) is 2.96. The third-order valence-electron chi connectivity index (χ3n) is 5.12. The fourth-order valence-electron chi connectivity index (χ4n) is 3.60. The Balaban J connectivity index is 2.47. The highest BCUT2D eigenvalue weighted by molar-refractivity contribution is 6.35. The van der Waals surface area contributed by atoms with Crippen molar-refractivity contribution in [1.29, 1.82) is 0 Å². The van der Waals surface area contributed by atoms with Gasteiger partial charge < -0.3 is 19.1 Å². The Kier molecular flexibility index (Phi) is 9.49. The minimum Gasteiger partial charge on any atom is -0.383 e. The van der Waals surface area contributed by atoms with Crippen molar-refractivity contribution >= 4 is 17.4 Å². The second kappa shape index (κ2) is 11.8. The molecule has 166 valence electrons. The van der Waals surface area contributed by atoms with Crippen LogP contribution < -0.4 is 0 Å². The first-order valence-corrected chi connectivity index (χ1v) is 10.4. The molecular formula is C23H34N2O5. The van der Waals surface area contributed by atoms with E-state index < -0.39 is 0 Å². The predicted octanol–water partition coefficient (Wildman–Crippen LogP) is 2.40. The van der Waals surface area contributed by atoms with Gasteiger partial charge in [-0.25, -0.2) is 0 Å². The topological polar surface area (TPSA) is 68.3 Å². The molecule has 1 heterocycles. The summed E-state index contributed by atoms with van der Waals surface area (Å²) in [6.45, 7) is 9.24. The fourth-order valence-corrected chi connectivity index (χ4v) is 3.60. The number of benzene rings is 1. The third-order valence-corrected chi connectivity index (χ3v) is 5.12. The largest absolute Gasteiger partial charge is 0.383 e. The molecule has 0 atom stereocenters. The van der Waals surface area contributed by atoms with Crippen molar-refractivity contribution in [2.24, 2.45) is 0 Å². The fraction of sp³-hybridized carbons (Fsp3) is 0.565. The van der Waals surface area contributed by atoms with Gasteiger partial charge in [-0.1, -0.05) is 23.8 Å². The summed E-state index contributed by atoms with van der Waals surface area (Å²) in [5.74, 6) is -0.517. The molecule has 0 unspecified atom stereocenters. The van der Waals surface area contributed by atoms with Crippen molar-refractivity contribution in [2.75, 3.05) is 60.3 Å². The van der Waals surface area contributed by atoms with Crippen LogP contribution in [0.2, 0.25) is 0 Å². The predicted molar refractivity (Wildman–Crippen MR) is 116 cm³/mol. The number of carbonyl (C=O) groups excluding carboxylic acids is 2. The zero-order valence-electron chi connectivity index (χ0n) is 18.8. The molecule has 0 fully saturated rings. The zero-order valence-corrected chi connectivity index (χ0v) is 18.8. The second-order valence-electron chi connectivity index (χ2n) is 7.33. The maximum absolute atomic E-state index is 13.4. The molecule has 0 bridgehead atoms. The van der Waals surface area contributed by atoms with Gasteiger partial charge >= 0.3 is 0 Å². The van der Waals surface area contributed by atoms with Gasteiger partial charge in [0, 0.05) is 47.1 Å². The molecule has 0 aromatic heterocycles. The van der Waals surface area contributed by atoms with Crippen molar-refractivity contribution in [3.63, 3.8) is 0 Å². The van der Waals surface area contributed by atoms with Gasteiger partial charge in [0.1, 0.15) is 5.70 Å². The van der Waals surface area contributed by atoms with Crippen LogP contribution in [0, 0.1) is 13.8 Å². The summed E-state index contributed by atoms with van der Waals surface area (Å²) in [4.78, 5) is 30.0. The molecule has 0 radical (unpaired) electrons. The molecule has 0 N–H and O–H groups in total. The van der Waals surface area contributed by atoms with Gasteiger partial charge in [0.2, 0.25) is 0 Å². The summed E-state index contributed by atoms with van der Waals surface area (Å²) in [5, 5.41) is 0.